The number of nitrogens with zero attached hydrogens (tertiary/aromatic N) is 3. The molecule has 0 bridgehead atoms. The van der Waals surface area contributed by atoms with Crippen LogP contribution in [-0.2, 0) is 10.0 Å². The van der Waals surface area contributed by atoms with E-state index in [1.807, 2.05) is 29.6 Å². The number of halogens is 3. The lowest BCUT2D eigenvalue weighted by Crippen LogP contribution is -2.27. The van der Waals surface area contributed by atoms with Crippen LogP contribution in [0.25, 0.3) is 11.3 Å². The molecule has 2 N–H and O–H groups in total. The van der Waals surface area contributed by atoms with Crippen LogP contribution in [0.5, 0.6) is 0 Å². The summed E-state index contributed by atoms with van der Waals surface area (Å²) < 4.78 is 40.6. The maximum atomic E-state index is 13.1. The summed E-state index contributed by atoms with van der Waals surface area (Å²) in [5, 5.41) is 6.77. The monoisotopic (exact) mass is 591 g/mol. The molecule has 0 atom stereocenters. The number of rotatable bonds is 12. The number of sulfonamides is 1. The second-order valence-corrected chi connectivity index (χ2v) is 11.3. The van der Waals surface area contributed by atoms with Crippen molar-refractivity contribution < 1.29 is 12.8 Å². The average molecular weight is 593 g/mol. The third-order valence-electron chi connectivity index (χ3n) is 5.40. The number of hydrogen-bond donors (Lipinski definition) is 2. The van der Waals surface area contributed by atoms with E-state index >= 15 is 0 Å². The Bertz CT molecular complexity index is 1460. The molecule has 3 aromatic carbocycles. The molecular weight excluding hydrogens is 568 g/mol. The first kappa shape index (κ1) is 27.8. The van der Waals surface area contributed by atoms with E-state index < -0.39 is 15.8 Å². The maximum Gasteiger partial charge on any atom is 0.261 e. The van der Waals surface area contributed by atoms with Crippen molar-refractivity contribution in [2.24, 2.45) is 5.10 Å². The molecule has 0 radical (unpaired) electrons. The number of aromatic nitrogens is 1. The molecule has 4 aromatic rings. The van der Waals surface area contributed by atoms with Gasteiger partial charge in [-0.2, -0.15) is 5.10 Å². The largest absolute Gasteiger partial charge is 0.369 e. The quantitative estimate of drug-likeness (QED) is 0.112. The lowest BCUT2D eigenvalue weighted by molar-refractivity contribution is 0.599. The summed E-state index contributed by atoms with van der Waals surface area (Å²) in [7, 11) is -3.82. The van der Waals surface area contributed by atoms with Gasteiger partial charge in [-0.15, -0.1) is 34.5 Å². The third kappa shape index (κ3) is 7.44. The van der Waals surface area contributed by atoms with Gasteiger partial charge in [0.2, 0.25) is 5.13 Å². The number of hydrogen-bond acceptors (Lipinski definition) is 7. The maximum absolute atomic E-state index is 13.1. The highest BCUT2D eigenvalue weighted by molar-refractivity contribution is 7.92. The zero-order chi connectivity index (χ0) is 27.0. The number of anilines is 3. The van der Waals surface area contributed by atoms with Crippen LogP contribution in [0, 0.1) is 5.82 Å². The van der Waals surface area contributed by atoms with Crippen molar-refractivity contribution in [1.82, 2.24) is 4.98 Å². The normalized spacial score (nSPS) is 11.6. The van der Waals surface area contributed by atoms with E-state index in [4.69, 9.17) is 23.2 Å². The summed E-state index contributed by atoms with van der Waals surface area (Å²) >= 11 is 13.2. The lowest BCUT2D eigenvalue weighted by Gasteiger charge is -2.22. The lowest BCUT2D eigenvalue weighted by atomic mass is 10.1. The van der Waals surface area contributed by atoms with Gasteiger partial charge in [0.15, 0.2) is 0 Å². The van der Waals surface area contributed by atoms with E-state index in [0.29, 0.717) is 22.6 Å². The van der Waals surface area contributed by atoms with Crippen LogP contribution in [0.4, 0.5) is 20.9 Å². The number of thiazole rings is 1. The Morgan fingerprint density at radius 1 is 0.947 bits per heavy atom. The number of alkyl halides is 2. The van der Waals surface area contributed by atoms with Crippen molar-refractivity contribution in [2.75, 3.05) is 39.9 Å². The zero-order valence-electron chi connectivity index (χ0n) is 20.0. The fraction of sp³-hybridized carbons (Fsp3) is 0.154. The van der Waals surface area contributed by atoms with Crippen molar-refractivity contribution in [3.8, 4) is 11.3 Å². The Balaban J connectivity index is 1.35. The Morgan fingerprint density at radius 2 is 1.61 bits per heavy atom. The smallest absolute Gasteiger partial charge is 0.261 e. The summed E-state index contributed by atoms with van der Waals surface area (Å²) in [4.78, 5) is 6.65. The van der Waals surface area contributed by atoms with Gasteiger partial charge in [0.05, 0.1) is 16.8 Å². The van der Waals surface area contributed by atoms with Crippen LogP contribution >= 0.6 is 34.5 Å². The standard InChI is InChI=1S/C26H24Cl2FN5O2S2/c27-13-15-34(16-14-28)23-9-1-19(2-10-23)17-30-32-26-31-25(18-37-26)20-3-7-22(8-4-20)33-38(35,36)24-11-5-21(29)6-12-24/h1-12,17-18,33H,13-16H2,(H,31,32)/b30-17+. The minimum atomic E-state index is -3.82. The van der Waals surface area contributed by atoms with E-state index in [-0.39, 0.29) is 4.90 Å². The highest BCUT2D eigenvalue weighted by Crippen LogP contribution is 2.27. The van der Waals surface area contributed by atoms with E-state index in [2.05, 4.69) is 25.1 Å². The molecule has 0 unspecified atom stereocenters. The van der Waals surface area contributed by atoms with Crippen LogP contribution in [0.1, 0.15) is 5.56 Å². The van der Waals surface area contributed by atoms with E-state index in [1.165, 1.54) is 23.5 Å². The van der Waals surface area contributed by atoms with Gasteiger partial charge >= 0.3 is 0 Å². The van der Waals surface area contributed by atoms with Crippen molar-refractivity contribution in [2.45, 2.75) is 4.90 Å². The fourth-order valence-electron chi connectivity index (χ4n) is 3.50. The van der Waals surface area contributed by atoms with E-state index in [0.717, 1.165) is 47.7 Å². The Labute approximate surface area is 235 Å². The van der Waals surface area contributed by atoms with Crippen molar-refractivity contribution in [1.29, 1.82) is 0 Å². The first-order valence-corrected chi connectivity index (χ1v) is 14.9. The molecule has 0 aliphatic rings. The Morgan fingerprint density at radius 3 is 2.24 bits per heavy atom. The van der Waals surface area contributed by atoms with Crippen LogP contribution in [-0.4, -0.2) is 44.5 Å². The Kier molecular flexibility index (Phi) is 9.57. The molecule has 0 aliphatic heterocycles. The average Bonchev–Trinajstić information content (AvgIpc) is 3.38. The van der Waals surface area contributed by atoms with Gasteiger partial charge in [0.1, 0.15) is 5.82 Å². The highest BCUT2D eigenvalue weighted by atomic mass is 35.5. The second-order valence-electron chi connectivity index (χ2n) is 8.00. The summed E-state index contributed by atoms with van der Waals surface area (Å²) in [5.74, 6) is 0.555. The summed E-state index contributed by atoms with van der Waals surface area (Å²) in [6.07, 6.45) is 1.71. The van der Waals surface area contributed by atoms with Crippen molar-refractivity contribution in [3.05, 3.63) is 89.6 Å². The number of hydrazone groups is 1. The van der Waals surface area contributed by atoms with Gasteiger partial charge in [-0.1, -0.05) is 24.3 Å². The second kappa shape index (κ2) is 13.1. The van der Waals surface area contributed by atoms with Crippen molar-refractivity contribution in [3.63, 3.8) is 0 Å². The van der Waals surface area contributed by atoms with Gasteiger partial charge in [-0.05, 0) is 54.1 Å². The first-order chi connectivity index (χ1) is 18.4. The van der Waals surface area contributed by atoms with E-state index in [9.17, 15) is 12.8 Å². The molecule has 0 amide bonds. The van der Waals surface area contributed by atoms with Gasteiger partial charge in [0, 0.05) is 47.2 Å². The molecule has 0 fully saturated rings. The SMILES string of the molecule is O=S(=O)(Nc1ccc(-c2csc(N/N=C/c3ccc(N(CCCl)CCCl)cc3)n2)cc1)c1ccc(F)cc1. The molecule has 1 aromatic heterocycles. The summed E-state index contributed by atoms with van der Waals surface area (Å²) in [5.41, 5.74) is 6.84. The fourth-order valence-corrected chi connectivity index (χ4v) is 5.64. The van der Waals surface area contributed by atoms with Gasteiger partial charge < -0.3 is 4.90 Å². The third-order valence-corrected chi connectivity index (χ3v) is 7.88. The van der Waals surface area contributed by atoms with Crippen LogP contribution in [0.2, 0.25) is 0 Å². The molecule has 12 heteroatoms. The molecule has 38 heavy (non-hydrogen) atoms. The summed E-state index contributed by atoms with van der Waals surface area (Å²) in [6, 6.07) is 19.4. The molecule has 0 spiro atoms. The minimum Gasteiger partial charge on any atom is -0.369 e. The molecule has 4 rings (SSSR count). The molecule has 0 aliphatic carbocycles. The summed E-state index contributed by atoms with van der Waals surface area (Å²) in [6.45, 7) is 1.45. The predicted octanol–water partition coefficient (Wildman–Crippen LogP) is 6.48. The first-order valence-electron chi connectivity index (χ1n) is 11.5. The topological polar surface area (TPSA) is 86.7 Å². The van der Waals surface area contributed by atoms with Crippen molar-refractivity contribution >= 4 is 67.3 Å². The number of nitrogens with one attached hydrogen (secondary N) is 2. The molecule has 0 saturated heterocycles. The Hall–Kier alpha value is -3.18. The highest BCUT2D eigenvalue weighted by Gasteiger charge is 2.14. The molecule has 1 heterocycles. The van der Waals surface area contributed by atoms with Crippen LogP contribution in [0.3, 0.4) is 0 Å². The van der Waals surface area contributed by atoms with Gasteiger partial charge in [-0.3, -0.25) is 10.1 Å². The molecule has 0 saturated carbocycles. The molecule has 198 valence electrons. The van der Waals surface area contributed by atoms with Crippen LogP contribution < -0.4 is 15.0 Å². The van der Waals surface area contributed by atoms with E-state index in [1.54, 1.807) is 30.5 Å². The minimum absolute atomic E-state index is 0.0192. The van der Waals surface area contributed by atoms with Crippen LogP contribution in [0.15, 0.2) is 88.2 Å². The number of benzene rings is 3. The van der Waals surface area contributed by atoms with Gasteiger partial charge in [0.25, 0.3) is 10.0 Å². The predicted molar refractivity (Wildman–Crippen MR) is 156 cm³/mol. The molecular formula is C26H24Cl2FN5O2S2. The molecule has 7 nitrogen and oxygen atoms in total. The van der Waals surface area contributed by atoms with Gasteiger partial charge in [-0.25, -0.2) is 17.8 Å². The zero-order valence-corrected chi connectivity index (χ0v) is 23.2.